The van der Waals surface area contributed by atoms with Crippen molar-refractivity contribution in [2.24, 2.45) is 5.92 Å². The van der Waals surface area contributed by atoms with Crippen molar-refractivity contribution >= 4 is 5.97 Å². The van der Waals surface area contributed by atoms with Gasteiger partial charge in [0.15, 0.2) is 0 Å². The van der Waals surface area contributed by atoms with Crippen molar-refractivity contribution in [3.8, 4) is 0 Å². The van der Waals surface area contributed by atoms with Gasteiger partial charge in [-0.25, -0.2) is 0 Å². The van der Waals surface area contributed by atoms with Crippen molar-refractivity contribution in [3.63, 3.8) is 0 Å². The van der Waals surface area contributed by atoms with E-state index in [-0.39, 0.29) is 12.1 Å². The average molecular weight is 158 g/mol. The minimum Gasteiger partial charge on any atom is -0.469 e. The van der Waals surface area contributed by atoms with E-state index < -0.39 is 0 Å². The molecule has 0 radical (unpaired) electrons. The van der Waals surface area contributed by atoms with Crippen molar-refractivity contribution in [1.82, 2.24) is 0 Å². The molecular weight excluding hydrogens is 144 g/mol. The van der Waals surface area contributed by atoms with Crippen LogP contribution in [0.15, 0.2) is 0 Å². The van der Waals surface area contributed by atoms with E-state index in [4.69, 9.17) is 4.74 Å². The molecule has 0 saturated carbocycles. The number of ether oxygens (including phenoxy) is 2. The molecule has 0 aromatic carbocycles. The highest BCUT2D eigenvalue weighted by atomic mass is 16.5. The van der Waals surface area contributed by atoms with Gasteiger partial charge < -0.3 is 9.47 Å². The molecule has 0 unspecified atom stereocenters. The number of esters is 1. The average Bonchev–Trinajstić information content (AvgIpc) is 2.37. The molecule has 2 atom stereocenters. The van der Waals surface area contributed by atoms with E-state index in [9.17, 15) is 4.79 Å². The van der Waals surface area contributed by atoms with Crippen LogP contribution in [-0.4, -0.2) is 25.8 Å². The highest BCUT2D eigenvalue weighted by molar-refractivity contribution is 5.69. The Morgan fingerprint density at radius 3 is 2.91 bits per heavy atom. The summed E-state index contributed by atoms with van der Waals surface area (Å²) in [5.74, 6) is 0.317. The summed E-state index contributed by atoms with van der Waals surface area (Å²) in [6.45, 7) is 2.88. The minimum atomic E-state index is -0.177. The maximum atomic E-state index is 10.8. The molecule has 64 valence electrons. The Labute approximate surface area is 66.7 Å². The van der Waals surface area contributed by atoms with Crippen molar-refractivity contribution in [3.05, 3.63) is 0 Å². The van der Waals surface area contributed by atoms with Crippen LogP contribution in [0.3, 0.4) is 0 Å². The second-order valence-electron chi connectivity index (χ2n) is 2.96. The van der Waals surface area contributed by atoms with Gasteiger partial charge in [0.1, 0.15) is 0 Å². The highest BCUT2D eigenvalue weighted by Gasteiger charge is 2.26. The van der Waals surface area contributed by atoms with Crippen LogP contribution in [0.1, 0.15) is 19.8 Å². The topological polar surface area (TPSA) is 35.5 Å². The maximum absolute atomic E-state index is 10.8. The normalized spacial score (nSPS) is 30.4. The van der Waals surface area contributed by atoms with Crippen molar-refractivity contribution in [2.75, 3.05) is 13.7 Å². The third-order valence-corrected chi connectivity index (χ3v) is 2.14. The third-order valence-electron chi connectivity index (χ3n) is 2.14. The van der Waals surface area contributed by atoms with Crippen molar-refractivity contribution < 1.29 is 14.3 Å². The van der Waals surface area contributed by atoms with Gasteiger partial charge in [-0.2, -0.15) is 0 Å². The van der Waals surface area contributed by atoms with E-state index in [0.29, 0.717) is 12.3 Å². The summed E-state index contributed by atoms with van der Waals surface area (Å²) in [4.78, 5) is 10.8. The van der Waals surface area contributed by atoms with Gasteiger partial charge in [0.05, 0.1) is 19.6 Å². The number of carbonyl (C=O) groups is 1. The van der Waals surface area contributed by atoms with Gasteiger partial charge in [-0.05, 0) is 12.3 Å². The Morgan fingerprint density at radius 1 is 1.73 bits per heavy atom. The Hall–Kier alpha value is -0.570. The lowest BCUT2D eigenvalue weighted by Crippen LogP contribution is -2.18. The second-order valence-corrected chi connectivity index (χ2v) is 2.96. The van der Waals surface area contributed by atoms with Crippen LogP contribution in [-0.2, 0) is 14.3 Å². The minimum absolute atomic E-state index is 0.0856. The smallest absolute Gasteiger partial charge is 0.308 e. The first-order chi connectivity index (χ1) is 5.24. The monoisotopic (exact) mass is 158 g/mol. The lowest BCUT2D eigenvalue weighted by molar-refractivity contribution is -0.143. The molecule has 3 heteroatoms. The van der Waals surface area contributed by atoms with Gasteiger partial charge >= 0.3 is 5.97 Å². The zero-order chi connectivity index (χ0) is 8.27. The summed E-state index contributed by atoms with van der Waals surface area (Å²) in [7, 11) is 1.40. The van der Waals surface area contributed by atoms with Gasteiger partial charge in [0.2, 0.25) is 0 Å². The lowest BCUT2D eigenvalue weighted by Gasteiger charge is -2.11. The van der Waals surface area contributed by atoms with Gasteiger partial charge in [0, 0.05) is 6.61 Å². The largest absolute Gasteiger partial charge is 0.469 e. The summed E-state index contributed by atoms with van der Waals surface area (Å²) in [5.41, 5.74) is 0. The van der Waals surface area contributed by atoms with Crippen molar-refractivity contribution in [2.45, 2.75) is 25.9 Å². The predicted octanol–water partition coefficient (Wildman–Crippen LogP) is 0.974. The molecule has 0 N–H and O–H groups in total. The first-order valence-corrected chi connectivity index (χ1v) is 3.92. The van der Waals surface area contributed by atoms with Crippen LogP contribution in [0.5, 0.6) is 0 Å². The fourth-order valence-electron chi connectivity index (χ4n) is 1.26. The van der Waals surface area contributed by atoms with Crippen molar-refractivity contribution in [1.29, 1.82) is 0 Å². The maximum Gasteiger partial charge on any atom is 0.308 e. The molecule has 0 amide bonds. The standard InChI is InChI=1S/C8H14O3/c1-6-3-4-11-7(6)5-8(9)10-2/h6-7H,3-5H2,1-2H3/t6-,7+/m1/s1. The molecule has 1 fully saturated rings. The molecule has 0 spiro atoms. The van der Waals surface area contributed by atoms with Crippen LogP contribution in [0.2, 0.25) is 0 Å². The number of methoxy groups -OCH3 is 1. The molecule has 0 bridgehead atoms. The molecule has 3 nitrogen and oxygen atoms in total. The van der Waals surface area contributed by atoms with E-state index in [1.54, 1.807) is 0 Å². The van der Waals surface area contributed by atoms with E-state index in [1.807, 2.05) is 0 Å². The first kappa shape index (κ1) is 8.53. The summed E-state index contributed by atoms with van der Waals surface area (Å²) in [6.07, 6.45) is 1.54. The summed E-state index contributed by atoms with van der Waals surface area (Å²) >= 11 is 0. The zero-order valence-corrected chi connectivity index (χ0v) is 7.00. The van der Waals surface area contributed by atoms with E-state index in [2.05, 4.69) is 11.7 Å². The summed E-state index contributed by atoms with van der Waals surface area (Å²) in [6, 6.07) is 0. The van der Waals surface area contributed by atoms with Crippen LogP contribution < -0.4 is 0 Å². The fraction of sp³-hybridized carbons (Fsp3) is 0.875. The molecule has 0 aliphatic carbocycles. The Morgan fingerprint density at radius 2 is 2.45 bits per heavy atom. The van der Waals surface area contributed by atoms with E-state index in [0.717, 1.165) is 13.0 Å². The summed E-state index contributed by atoms with van der Waals surface area (Å²) < 4.78 is 9.88. The Bertz CT molecular complexity index is 144. The van der Waals surface area contributed by atoms with E-state index >= 15 is 0 Å². The molecule has 1 saturated heterocycles. The van der Waals surface area contributed by atoms with Gasteiger partial charge in [-0.1, -0.05) is 6.92 Å². The molecule has 11 heavy (non-hydrogen) atoms. The Balaban J connectivity index is 2.30. The molecule has 1 rings (SSSR count). The van der Waals surface area contributed by atoms with Gasteiger partial charge in [-0.15, -0.1) is 0 Å². The second kappa shape index (κ2) is 3.72. The van der Waals surface area contributed by atoms with Crippen LogP contribution in [0, 0.1) is 5.92 Å². The van der Waals surface area contributed by atoms with Gasteiger partial charge in [0.25, 0.3) is 0 Å². The molecule has 0 aromatic rings. The zero-order valence-electron chi connectivity index (χ0n) is 7.00. The lowest BCUT2D eigenvalue weighted by atomic mass is 10.0. The van der Waals surface area contributed by atoms with Gasteiger partial charge in [-0.3, -0.25) is 4.79 Å². The quantitative estimate of drug-likeness (QED) is 0.562. The molecule has 1 aliphatic heterocycles. The predicted molar refractivity (Wildman–Crippen MR) is 40.2 cm³/mol. The number of carbonyl (C=O) groups excluding carboxylic acids is 1. The number of hydrogen-bond acceptors (Lipinski definition) is 3. The SMILES string of the molecule is COC(=O)C[C@@H]1OCC[C@H]1C. The highest BCUT2D eigenvalue weighted by Crippen LogP contribution is 2.22. The number of rotatable bonds is 2. The molecule has 1 aliphatic rings. The van der Waals surface area contributed by atoms with E-state index in [1.165, 1.54) is 7.11 Å². The first-order valence-electron chi connectivity index (χ1n) is 3.92. The number of hydrogen-bond donors (Lipinski definition) is 0. The summed E-state index contributed by atoms with van der Waals surface area (Å²) in [5, 5.41) is 0. The van der Waals surface area contributed by atoms with Crippen LogP contribution in [0.4, 0.5) is 0 Å². The molecule has 0 aromatic heterocycles. The van der Waals surface area contributed by atoms with Crippen LogP contribution in [0.25, 0.3) is 0 Å². The molecular formula is C8H14O3. The van der Waals surface area contributed by atoms with Crippen LogP contribution >= 0.6 is 0 Å². The third kappa shape index (κ3) is 2.19. The molecule has 1 heterocycles. The fourth-order valence-corrected chi connectivity index (χ4v) is 1.26. The Kier molecular flexibility index (Phi) is 2.88.